The number of amides is 1. The number of rotatable bonds is 4. The Bertz CT molecular complexity index is 504. The Morgan fingerprint density at radius 3 is 2.60 bits per heavy atom. The van der Waals surface area contributed by atoms with Gasteiger partial charge in [-0.25, -0.2) is 0 Å². The summed E-state index contributed by atoms with van der Waals surface area (Å²) in [6, 6.07) is 7.02. The quantitative estimate of drug-likeness (QED) is 0.881. The minimum Gasteiger partial charge on any atom is -0.481 e. The highest BCUT2D eigenvalue weighted by atomic mass is 79.9. The van der Waals surface area contributed by atoms with Gasteiger partial charge in [0.15, 0.2) is 0 Å². The second kappa shape index (κ2) is 6.37. The van der Waals surface area contributed by atoms with Gasteiger partial charge in [0.05, 0.1) is 12.0 Å². The van der Waals surface area contributed by atoms with Crippen molar-refractivity contribution in [2.24, 2.45) is 5.92 Å². The minimum absolute atomic E-state index is 0.113. The van der Waals surface area contributed by atoms with E-state index in [1.807, 2.05) is 29.2 Å². The Morgan fingerprint density at radius 1 is 1.40 bits per heavy atom. The van der Waals surface area contributed by atoms with Crippen molar-refractivity contribution >= 4 is 33.5 Å². The second-order valence-corrected chi connectivity index (χ2v) is 5.91. The summed E-state index contributed by atoms with van der Waals surface area (Å²) in [5.74, 6) is -1.26. The molecule has 0 bridgehead atoms. The molecule has 0 radical (unpaired) electrons. The van der Waals surface area contributed by atoms with Crippen molar-refractivity contribution in [1.82, 2.24) is 4.90 Å². The highest BCUT2D eigenvalue weighted by molar-refractivity contribution is 9.10. The summed E-state index contributed by atoms with van der Waals surface area (Å²) in [5.41, 5.74) is 0.735. The molecule has 0 aromatic heterocycles. The first-order valence-electron chi connectivity index (χ1n) is 6.50. The molecule has 0 aliphatic carbocycles. The molecule has 2 rings (SSSR count). The first-order chi connectivity index (χ1) is 9.47. The number of aliphatic carboxylic acids is 1. The van der Waals surface area contributed by atoms with Crippen LogP contribution in [-0.4, -0.2) is 41.0 Å². The molecular formula is C14H17BrN2O3. The fraction of sp³-hybridized carbons (Fsp3) is 0.429. The van der Waals surface area contributed by atoms with Crippen LogP contribution in [0.15, 0.2) is 28.7 Å². The van der Waals surface area contributed by atoms with Gasteiger partial charge in [-0.15, -0.1) is 0 Å². The maximum absolute atomic E-state index is 12.1. The standard InChI is InChI=1S/C14H17BrN2O3/c1-9(17-7-6-10(8-17)14(19)20)13(18)16-12-4-2-11(15)3-5-12/h2-5,9-10H,6-8H2,1H3,(H,16,18)(H,19,20). The van der Waals surface area contributed by atoms with Crippen LogP contribution in [0.3, 0.4) is 0 Å². The van der Waals surface area contributed by atoms with Crippen LogP contribution in [0.2, 0.25) is 0 Å². The first-order valence-corrected chi connectivity index (χ1v) is 7.30. The number of carboxylic acid groups (broad SMARTS) is 1. The van der Waals surface area contributed by atoms with Crippen LogP contribution < -0.4 is 5.32 Å². The number of benzene rings is 1. The number of carboxylic acids is 1. The molecule has 1 aliphatic rings. The van der Waals surface area contributed by atoms with Gasteiger partial charge >= 0.3 is 5.97 Å². The number of hydrogen-bond donors (Lipinski definition) is 2. The van der Waals surface area contributed by atoms with E-state index in [0.717, 1.165) is 10.2 Å². The van der Waals surface area contributed by atoms with Crippen LogP contribution in [0.1, 0.15) is 13.3 Å². The average Bonchev–Trinajstić information content (AvgIpc) is 2.90. The third-order valence-corrected chi connectivity index (χ3v) is 4.14. The number of hydrogen-bond acceptors (Lipinski definition) is 3. The van der Waals surface area contributed by atoms with Crippen LogP contribution in [0.4, 0.5) is 5.69 Å². The third-order valence-electron chi connectivity index (χ3n) is 3.61. The Morgan fingerprint density at radius 2 is 2.05 bits per heavy atom. The van der Waals surface area contributed by atoms with Crippen LogP contribution >= 0.6 is 15.9 Å². The van der Waals surface area contributed by atoms with Gasteiger partial charge in [-0.05, 0) is 44.2 Å². The van der Waals surface area contributed by atoms with Gasteiger partial charge in [-0.2, -0.15) is 0 Å². The van der Waals surface area contributed by atoms with Crippen LogP contribution in [0, 0.1) is 5.92 Å². The lowest BCUT2D eigenvalue weighted by Gasteiger charge is -2.23. The van der Waals surface area contributed by atoms with E-state index < -0.39 is 5.97 Å². The average molecular weight is 341 g/mol. The number of anilines is 1. The number of nitrogens with zero attached hydrogens (tertiary/aromatic N) is 1. The Kier molecular flexibility index (Phi) is 4.77. The SMILES string of the molecule is CC(C(=O)Nc1ccc(Br)cc1)N1CCC(C(=O)O)C1. The molecule has 1 aromatic rings. The summed E-state index contributed by atoms with van der Waals surface area (Å²) in [6.45, 7) is 2.88. The van der Waals surface area contributed by atoms with Gasteiger partial charge in [0.25, 0.3) is 0 Å². The third kappa shape index (κ3) is 3.58. The van der Waals surface area contributed by atoms with Gasteiger partial charge in [0, 0.05) is 16.7 Å². The molecule has 20 heavy (non-hydrogen) atoms. The topological polar surface area (TPSA) is 69.6 Å². The van der Waals surface area contributed by atoms with Crippen molar-refractivity contribution in [3.63, 3.8) is 0 Å². The maximum Gasteiger partial charge on any atom is 0.307 e. The normalized spacial score (nSPS) is 20.6. The highest BCUT2D eigenvalue weighted by Gasteiger charge is 2.33. The molecule has 1 aliphatic heterocycles. The largest absolute Gasteiger partial charge is 0.481 e. The van der Waals surface area contributed by atoms with Crippen molar-refractivity contribution < 1.29 is 14.7 Å². The van der Waals surface area contributed by atoms with E-state index in [2.05, 4.69) is 21.2 Å². The van der Waals surface area contributed by atoms with Crippen molar-refractivity contribution in [1.29, 1.82) is 0 Å². The molecule has 6 heteroatoms. The number of halogens is 1. The van der Waals surface area contributed by atoms with Gasteiger partial charge in [0.2, 0.25) is 5.91 Å². The zero-order valence-electron chi connectivity index (χ0n) is 11.2. The molecule has 1 saturated heterocycles. The molecule has 1 heterocycles. The van der Waals surface area contributed by atoms with E-state index in [4.69, 9.17) is 5.11 Å². The van der Waals surface area contributed by atoms with Crippen LogP contribution in [0.5, 0.6) is 0 Å². The van der Waals surface area contributed by atoms with Gasteiger partial charge in [-0.1, -0.05) is 15.9 Å². The zero-order valence-corrected chi connectivity index (χ0v) is 12.8. The smallest absolute Gasteiger partial charge is 0.307 e. The molecule has 2 atom stereocenters. The summed E-state index contributed by atoms with van der Waals surface area (Å²) in [5, 5.41) is 11.8. The van der Waals surface area contributed by atoms with Gasteiger partial charge in [0.1, 0.15) is 0 Å². The minimum atomic E-state index is -0.784. The molecule has 0 saturated carbocycles. The van der Waals surface area contributed by atoms with Crippen LogP contribution in [-0.2, 0) is 9.59 Å². The Hall–Kier alpha value is -1.40. The Balaban J connectivity index is 1.92. The first kappa shape index (κ1) is 15.0. The van der Waals surface area contributed by atoms with E-state index >= 15 is 0 Å². The van der Waals surface area contributed by atoms with E-state index in [1.165, 1.54) is 0 Å². The summed E-state index contributed by atoms with van der Waals surface area (Å²) in [7, 11) is 0. The Labute approximate surface area is 126 Å². The summed E-state index contributed by atoms with van der Waals surface area (Å²) in [4.78, 5) is 25.0. The van der Waals surface area contributed by atoms with Crippen molar-refractivity contribution in [3.8, 4) is 0 Å². The second-order valence-electron chi connectivity index (χ2n) is 4.99. The molecule has 1 aromatic carbocycles. The molecule has 1 amide bonds. The highest BCUT2D eigenvalue weighted by Crippen LogP contribution is 2.20. The van der Waals surface area contributed by atoms with Gasteiger partial charge in [-0.3, -0.25) is 14.5 Å². The van der Waals surface area contributed by atoms with Crippen molar-refractivity contribution in [2.75, 3.05) is 18.4 Å². The summed E-state index contributed by atoms with van der Waals surface area (Å²) in [6.07, 6.45) is 0.602. The molecular weight excluding hydrogens is 324 g/mol. The molecule has 2 N–H and O–H groups in total. The molecule has 1 fully saturated rings. The number of nitrogens with one attached hydrogen (secondary N) is 1. The monoisotopic (exact) mass is 340 g/mol. The van der Waals surface area contributed by atoms with E-state index in [9.17, 15) is 9.59 Å². The fourth-order valence-electron chi connectivity index (χ4n) is 2.29. The molecule has 5 nitrogen and oxygen atoms in total. The fourth-order valence-corrected chi connectivity index (χ4v) is 2.55. The van der Waals surface area contributed by atoms with E-state index in [-0.39, 0.29) is 17.9 Å². The van der Waals surface area contributed by atoms with E-state index in [1.54, 1.807) is 6.92 Å². The molecule has 108 valence electrons. The predicted octanol–water partition coefficient (Wildman–Crippen LogP) is 2.18. The number of carbonyl (C=O) groups excluding carboxylic acids is 1. The number of carbonyl (C=O) groups is 2. The van der Waals surface area contributed by atoms with Crippen LogP contribution in [0.25, 0.3) is 0 Å². The summed E-state index contributed by atoms with van der Waals surface area (Å²) >= 11 is 3.34. The van der Waals surface area contributed by atoms with E-state index in [0.29, 0.717) is 19.5 Å². The molecule has 2 unspecified atom stereocenters. The lowest BCUT2D eigenvalue weighted by atomic mass is 10.1. The lowest BCUT2D eigenvalue weighted by molar-refractivity contribution is -0.141. The van der Waals surface area contributed by atoms with Gasteiger partial charge < -0.3 is 10.4 Å². The predicted molar refractivity (Wildman–Crippen MR) is 79.5 cm³/mol. The van der Waals surface area contributed by atoms with Crippen molar-refractivity contribution in [2.45, 2.75) is 19.4 Å². The zero-order chi connectivity index (χ0) is 14.7. The summed E-state index contributed by atoms with van der Waals surface area (Å²) < 4.78 is 0.951. The lowest BCUT2D eigenvalue weighted by Crippen LogP contribution is -2.41. The number of likely N-dealkylation sites (tertiary alicyclic amines) is 1. The van der Waals surface area contributed by atoms with Crippen molar-refractivity contribution in [3.05, 3.63) is 28.7 Å². The maximum atomic E-state index is 12.1. The molecule has 0 spiro atoms.